The van der Waals surface area contributed by atoms with E-state index in [0.717, 1.165) is 21.8 Å². The number of carbonyl (C=O) groups excluding carboxylic acids is 2. The molecule has 0 aliphatic rings. The molecule has 0 fully saturated rings. The zero-order valence-corrected chi connectivity index (χ0v) is 22.4. The molecule has 0 radical (unpaired) electrons. The summed E-state index contributed by atoms with van der Waals surface area (Å²) in [6.07, 6.45) is 0. The monoisotopic (exact) mass is 554 g/mol. The van der Waals surface area contributed by atoms with Gasteiger partial charge < -0.3 is 14.2 Å². The molecule has 1 heterocycles. The number of hydrogen-bond acceptors (Lipinski definition) is 8. The second-order valence-corrected chi connectivity index (χ2v) is 10.0. The molecule has 1 aromatic heterocycles. The van der Waals surface area contributed by atoms with Crippen LogP contribution in [0.4, 0.5) is 5.13 Å². The summed E-state index contributed by atoms with van der Waals surface area (Å²) in [5.74, 6) is 0.898. The Morgan fingerprint density at radius 2 is 1.70 bits per heavy atom. The quantitative estimate of drug-likeness (QED) is 0.175. The molecule has 0 saturated carbocycles. The molecule has 4 aromatic rings. The molecule has 4 rings (SSSR count). The average molecular weight is 555 g/mol. The van der Waals surface area contributed by atoms with Gasteiger partial charge in [0, 0.05) is 26.6 Å². The Hall–Kier alpha value is -3.53. The third-order valence-corrected chi connectivity index (χ3v) is 7.27. The summed E-state index contributed by atoms with van der Waals surface area (Å²) >= 11 is 8.85. The maximum absolute atomic E-state index is 12.4. The minimum absolute atomic E-state index is 0.373. The van der Waals surface area contributed by atoms with Gasteiger partial charge in [0.1, 0.15) is 0 Å². The second kappa shape index (κ2) is 12.6. The first kappa shape index (κ1) is 26.5. The van der Waals surface area contributed by atoms with Crippen molar-refractivity contribution in [3.63, 3.8) is 0 Å². The van der Waals surface area contributed by atoms with Crippen LogP contribution in [0.1, 0.15) is 15.9 Å². The van der Waals surface area contributed by atoms with Gasteiger partial charge >= 0.3 is 5.97 Å². The fraction of sp³-hybridized carbons (Fsp3) is 0.148. The van der Waals surface area contributed by atoms with Crippen LogP contribution in [0.15, 0.2) is 77.0 Å². The number of thiazole rings is 1. The van der Waals surface area contributed by atoms with Gasteiger partial charge in [0.25, 0.3) is 5.91 Å². The van der Waals surface area contributed by atoms with E-state index < -0.39 is 18.5 Å². The zero-order chi connectivity index (χ0) is 26.2. The Kier molecular flexibility index (Phi) is 9.05. The van der Waals surface area contributed by atoms with Crippen molar-refractivity contribution in [3.8, 4) is 22.8 Å². The highest BCUT2D eigenvalue weighted by molar-refractivity contribution is 7.98. The normalized spacial score (nSPS) is 10.6. The molecule has 1 amide bonds. The number of amides is 1. The molecule has 0 spiro atoms. The van der Waals surface area contributed by atoms with E-state index >= 15 is 0 Å². The third kappa shape index (κ3) is 7.25. The van der Waals surface area contributed by atoms with Crippen LogP contribution in [-0.4, -0.2) is 37.7 Å². The highest BCUT2D eigenvalue weighted by Gasteiger charge is 2.14. The molecule has 37 heavy (non-hydrogen) atoms. The number of anilines is 1. The molecule has 10 heteroatoms. The minimum Gasteiger partial charge on any atom is -0.493 e. The smallest absolute Gasteiger partial charge is 0.338 e. The first-order valence-corrected chi connectivity index (χ1v) is 13.3. The number of hydrogen-bond donors (Lipinski definition) is 1. The SMILES string of the molecule is COc1ccc(-c2csc(NC(=O)COC(=O)c3ccc(CSc4ccc(Cl)cc4)cc3)n2)cc1OC. The lowest BCUT2D eigenvalue weighted by Crippen LogP contribution is -2.20. The van der Waals surface area contributed by atoms with Crippen LogP contribution in [0.25, 0.3) is 11.3 Å². The lowest BCUT2D eigenvalue weighted by atomic mass is 10.1. The predicted octanol–water partition coefficient (Wildman–Crippen LogP) is 6.57. The van der Waals surface area contributed by atoms with E-state index in [2.05, 4.69) is 10.3 Å². The Bertz CT molecular complexity index is 1370. The van der Waals surface area contributed by atoms with Crippen LogP contribution in [0.5, 0.6) is 11.5 Å². The van der Waals surface area contributed by atoms with Crippen LogP contribution >= 0.6 is 34.7 Å². The number of thioether (sulfide) groups is 1. The van der Waals surface area contributed by atoms with Gasteiger partial charge in [-0.2, -0.15) is 0 Å². The van der Waals surface area contributed by atoms with Crippen molar-refractivity contribution in [1.29, 1.82) is 0 Å². The molecule has 0 aliphatic heterocycles. The molecule has 7 nitrogen and oxygen atoms in total. The van der Waals surface area contributed by atoms with Crippen molar-refractivity contribution < 1.29 is 23.8 Å². The van der Waals surface area contributed by atoms with E-state index in [1.54, 1.807) is 44.2 Å². The summed E-state index contributed by atoms with van der Waals surface area (Å²) in [6, 6.07) is 20.2. The summed E-state index contributed by atoms with van der Waals surface area (Å²) in [7, 11) is 3.13. The molecule has 190 valence electrons. The third-order valence-electron chi connectivity index (χ3n) is 5.17. The molecule has 0 unspecified atom stereocenters. The summed E-state index contributed by atoms with van der Waals surface area (Å²) in [5.41, 5.74) is 2.92. The topological polar surface area (TPSA) is 86.8 Å². The van der Waals surface area contributed by atoms with Crippen molar-refractivity contribution >= 4 is 51.7 Å². The van der Waals surface area contributed by atoms with Gasteiger partial charge in [0.2, 0.25) is 0 Å². The lowest BCUT2D eigenvalue weighted by Gasteiger charge is -2.08. The van der Waals surface area contributed by atoms with Gasteiger partial charge in [-0.05, 0) is 60.2 Å². The number of ether oxygens (including phenoxy) is 3. The molecular weight excluding hydrogens is 532 g/mol. The van der Waals surface area contributed by atoms with Crippen LogP contribution in [0.2, 0.25) is 5.02 Å². The molecular formula is C27H23ClN2O5S2. The van der Waals surface area contributed by atoms with Gasteiger partial charge in [0.15, 0.2) is 23.2 Å². The summed E-state index contributed by atoms with van der Waals surface area (Å²) in [5, 5.41) is 5.57. The zero-order valence-electron chi connectivity index (χ0n) is 20.0. The van der Waals surface area contributed by atoms with Crippen molar-refractivity contribution in [1.82, 2.24) is 4.98 Å². The van der Waals surface area contributed by atoms with Crippen LogP contribution in [0.3, 0.4) is 0 Å². The number of nitrogens with one attached hydrogen (secondary N) is 1. The standard InChI is InChI=1S/C27H23ClN2O5S2/c1-33-23-12-7-19(13-24(23)34-2)22-16-37-27(29-22)30-25(31)14-35-26(32)18-5-3-17(4-6-18)15-36-21-10-8-20(28)9-11-21/h3-13,16H,14-15H2,1-2H3,(H,29,30,31). The van der Waals surface area contributed by atoms with Crippen LogP contribution in [0, 0.1) is 0 Å². The first-order chi connectivity index (χ1) is 17.9. The average Bonchev–Trinajstić information content (AvgIpc) is 3.39. The maximum atomic E-state index is 12.4. The van der Waals surface area contributed by atoms with E-state index in [4.69, 9.17) is 25.8 Å². The molecule has 0 aliphatic carbocycles. The highest BCUT2D eigenvalue weighted by atomic mass is 35.5. The number of rotatable bonds is 10. The van der Waals surface area contributed by atoms with Gasteiger partial charge in [-0.3, -0.25) is 10.1 Å². The second-order valence-electron chi connectivity index (χ2n) is 7.67. The van der Waals surface area contributed by atoms with E-state index in [9.17, 15) is 9.59 Å². The summed E-state index contributed by atoms with van der Waals surface area (Å²) < 4.78 is 15.7. The number of esters is 1. The van der Waals surface area contributed by atoms with E-state index in [-0.39, 0.29) is 0 Å². The Morgan fingerprint density at radius 1 is 0.973 bits per heavy atom. The van der Waals surface area contributed by atoms with E-state index in [1.807, 2.05) is 53.9 Å². The fourth-order valence-corrected chi connectivity index (χ4v) is 4.98. The molecule has 0 bridgehead atoms. The summed E-state index contributed by atoms with van der Waals surface area (Å²) in [4.78, 5) is 30.2. The number of nitrogens with zero attached hydrogens (tertiary/aromatic N) is 1. The number of benzene rings is 3. The van der Waals surface area contributed by atoms with Crippen LogP contribution < -0.4 is 14.8 Å². The van der Waals surface area contributed by atoms with Gasteiger partial charge in [-0.25, -0.2) is 9.78 Å². The largest absolute Gasteiger partial charge is 0.493 e. The highest BCUT2D eigenvalue weighted by Crippen LogP contribution is 2.33. The summed E-state index contributed by atoms with van der Waals surface area (Å²) in [6.45, 7) is -0.418. The van der Waals surface area contributed by atoms with Gasteiger partial charge in [-0.1, -0.05) is 23.7 Å². The maximum Gasteiger partial charge on any atom is 0.338 e. The number of methoxy groups -OCH3 is 2. The van der Waals surface area contributed by atoms with Gasteiger partial charge in [0.05, 0.1) is 25.5 Å². The molecule has 1 N–H and O–H groups in total. The Balaban J connectivity index is 1.26. The first-order valence-electron chi connectivity index (χ1n) is 11.1. The number of aromatic nitrogens is 1. The lowest BCUT2D eigenvalue weighted by molar-refractivity contribution is -0.119. The van der Waals surface area contributed by atoms with Gasteiger partial charge in [-0.15, -0.1) is 23.1 Å². The minimum atomic E-state index is -0.572. The van der Waals surface area contributed by atoms with Crippen LogP contribution in [-0.2, 0) is 15.3 Å². The number of halogens is 1. The van der Waals surface area contributed by atoms with Crippen molar-refractivity contribution in [2.75, 3.05) is 26.1 Å². The fourth-order valence-electron chi connectivity index (χ4n) is 3.26. The molecule has 3 aromatic carbocycles. The molecule has 0 saturated heterocycles. The van der Waals surface area contributed by atoms with Crippen molar-refractivity contribution in [3.05, 3.63) is 88.3 Å². The Labute approximate surface area is 227 Å². The molecule has 0 atom stereocenters. The van der Waals surface area contributed by atoms with E-state index in [0.29, 0.717) is 32.9 Å². The van der Waals surface area contributed by atoms with Crippen molar-refractivity contribution in [2.24, 2.45) is 0 Å². The van der Waals surface area contributed by atoms with E-state index in [1.165, 1.54) is 11.3 Å². The Morgan fingerprint density at radius 3 is 2.41 bits per heavy atom. The number of carbonyl (C=O) groups is 2. The van der Waals surface area contributed by atoms with Crippen molar-refractivity contribution in [2.45, 2.75) is 10.6 Å². The predicted molar refractivity (Wildman–Crippen MR) is 147 cm³/mol.